The number of carboxylic acid groups (broad SMARTS) is 1. The van der Waals surface area contributed by atoms with E-state index in [-0.39, 0.29) is 0 Å². The molecule has 0 aromatic carbocycles. The highest BCUT2D eigenvalue weighted by Gasteiger charge is 2.28. The molecule has 0 aliphatic carbocycles. The Morgan fingerprint density at radius 2 is 2.33 bits per heavy atom. The molecule has 1 rings (SSSR count). The maximum absolute atomic E-state index is 10.6. The van der Waals surface area contributed by atoms with Gasteiger partial charge in [0.15, 0.2) is 0 Å². The summed E-state index contributed by atoms with van der Waals surface area (Å²) in [5.41, 5.74) is 0. The fourth-order valence-electron chi connectivity index (χ4n) is 1.55. The van der Waals surface area contributed by atoms with Gasteiger partial charge in [0.2, 0.25) is 0 Å². The van der Waals surface area contributed by atoms with Gasteiger partial charge in [-0.2, -0.15) is 0 Å². The van der Waals surface area contributed by atoms with Crippen molar-refractivity contribution in [2.45, 2.75) is 25.8 Å². The van der Waals surface area contributed by atoms with Crippen LogP contribution in [0.3, 0.4) is 0 Å². The molecule has 1 aliphatic rings. The molecule has 1 heterocycles. The van der Waals surface area contributed by atoms with E-state index in [4.69, 9.17) is 5.11 Å². The van der Waals surface area contributed by atoms with Gasteiger partial charge in [-0.25, -0.2) is 4.79 Å². The Bertz CT molecular complexity index is 193. The first-order valence-corrected chi connectivity index (χ1v) is 4.10. The van der Waals surface area contributed by atoms with Crippen LogP contribution in [0, 0.1) is 5.92 Å². The van der Waals surface area contributed by atoms with Gasteiger partial charge in [-0.3, -0.25) is 4.90 Å². The third kappa shape index (κ3) is 1.75. The minimum atomic E-state index is -0.987. The fraction of sp³-hybridized carbons (Fsp3) is 0.750. The summed E-state index contributed by atoms with van der Waals surface area (Å²) in [6.07, 6.45) is 1.26. The molecule has 0 radical (unpaired) electrons. The lowest BCUT2D eigenvalue weighted by molar-refractivity contribution is -0.113. The van der Waals surface area contributed by atoms with Crippen molar-refractivity contribution in [1.82, 2.24) is 4.90 Å². The lowest BCUT2D eigenvalue weighted by atomic mass is 9.93. The highest BCUT2D eigenvalue weighted by atomic mass is 16.4. The molecule has 68 valence electrons. The van der Waals surface area contributed by atoms with Crippen molar-refractivity contribution in [1.29, 1.82) is 0 Å². The Balaban J connectivity index is 2.62. The molecule has 12 heavy (non-hydrogen) atoms. The van der Waals surface area contributed by atoms with E-state index in [0.29, 0.717) is 18.9 Å². The number of rotatable bonds is 1. The van der Waals surface area contributed by atoms with Crippen molar-refractivity contribution in [3.63, 3.8) is 0 Å². The number of carbonyl (C=O) groups excluding carboxylic acids is 1. The molecule has 4 nitrogen and oxygen atoms in total. The average Bonchev–Trinajstić information content (AvgIpc) is 2.03. The van der Waals surface area contributed by atoms with Crippen LogP contribution in [0.4, 0.5) is 4.79 Å². The van der Waals surface area contributed by atoms with E-state index in [1.807, 2.05) is 6.92 Å². The molecule has 1 unspecified atom stereocenters. The van der Waals surface area contributed by atoms with Gasteiger partial charge >= 0.3 is 6.09 Å². The zero-order valence-corrected chi connectivity index (χ0v) is 7.06. The van der Waals surface area contributed by atoms with E-state index in [2.05, 4.69) is 0 Å². The number of carbonyl (C=O) groups is 2. The van der Waals surface area contributed by atoms with Crippen LogP contribution < -0.4 is 0 Å². The van der Waals surface area contributed by atoms with Gasteiger partial charge < -0.3 is 9.90 Å². The minimum Gasteiger partial charge on any atom is -0.465 e. The molecule has 0 aromatic rings. The van der Waals surface area contributed by atoms with Crippen LogP contribution in [-0.2, 0) is 4.79 Å². The summed E-state index contributed by atoms with van der Waals surface area (Å²) in [4.78, 5) is 22.3. The zero-order chi connectivity index (χ0) is 9.14. The van der Waals surface area contributed by atoms with Crippen LogP contribution in [0.25, 0.3) is 0 Å². The molecule has 1 fully saturated rings. The summed E-state index contributed by atoms with van der Waals surface area (Å²) >= 11 is 0. The molecular weight excluding hydrogens is 158 g/mol. The molecular formula is C8H13NO3. The van der Waals surface area contributed by atoms with E-state index in [1.54, 1.807) is 0 Å². The molecule has 1 amide bonds. The number of aldehydes is 1. The van der Waals surface area contributed by atoms with Crippen molar-refractivity contribution >= 4 is 12.4 Å². The van der Waals surface area contributed by atoms with Gasteiger partial charge in [-0.05, 0) is 18.8 Å². The van der Waals surface area contributed by atoms with Crippen LogP contribution in [0.2, 0.25) is 0 Å². The third-order valence-corrected chi connectivity index (χ3v) is 2.31. The van der Waals surface area contributed by atoms with Gasteiger partial charge in [-0.15, -0.1) is 0 Å². The second-order valence-corrected chi connectivity index (χ2v) is 3.31. The second kappa shape index (κ2) is 3.56. The van der Waals surface area contributed by atoms with Crippen LogP contribution in [0.5, 0.6) is 0 Å². The first-order valence-electron chi connectivity index (χ1n) is 4.10. The molecule has 1 N–H and O–H groups in total. The Kier molecular flexibility index (Phi) is 2.68. The summed E-state index contributed by atoms with van der Waals surface area (Å²) in [7, 11) is 0. The van der Waals surface area contributed by atoms with Crippen molar-refractivity contribution < 1.29 is 14.7 Å². The fourth-order valence-corrected chi connectivity index (χ4v) is 1.55. The lowest BCUT2D eigenvalue weighted by Gasteiger charge is -2.33. The Morgan fingerprint density at radius 3 is 2.83 bits per heavy atom. The average molecular weight is 171 g/mol. The zero-order valence-electron chi connectivity index (χ0n) is 7.06. The first kappa shape index (κ1) is 9.03. The van der Waals surface area contributed by atoms with Crippen LogP contribution in [-0.4, -0.2) is 35.0 Å². The van der Waals surface area contributed by atoms with Gasteiger partial charge in [0.1, 0.15) is 6.29 Å². The Hall–Kier alpha value is -1.06. The minimum absolute atomic E-state index is 0.425. The summed E-state index contributed by atoms with van der Waals surface area (Å²) in [5, 5.41) is 8.69. The maximum Gasteiger partial charge on any atom is 0.407 e. The second-order valence-electron chi connectivity index (χ2n) is 3.31. The predicted molar refractivity (Wildman–Crippen MR) is 43.0 cm³/mol. The first-order chi connectivity index (χ1) is 5.65. The summed E-state index contributed by atoms with van der Waals surface area (Å²) < 4.78 is 0. The van der Waals surface area contributed by atoms with Crippen LogP contribution >= 0.6 is 0 Å². The van der Waals surface area contributed by atoms with Crippen LogP contribution in [0.1, 0.15) is 19.8 Å². The highest BCUT2D eigenvalue weighted by Crippen LogP contribution is 2.20. The monoisotopic (exact) mass is 171 g/mol. The number of nitrogens with zero attached hydrogens (tertiary/aromatic N) is 1. The number of likely N-dealkylation sites (tertiary alicyclic amines) is 1. The summed E-state index contributed by atoms with van der Waals surface area (Å²) in [6, 6.07) is -0.425. The van der Waals surface area contributed by atoms with Crippen LogP contribution in [0.15, 0.2) is 0 Å². The smallest absolute Gasteiger partial charge is 0.407 e. The summed E-state index contributed by atoms with van der Waals surface area (Å²) in [5.74, 6) is 0.454. The number of hydrogen-bond donors (Lipinski definition) is 1. The molecule has 1 saturated heterocycles. The maximum atomic E-state index is 10.6. The van der Waals surface area contributed by atoms with E-state index in [9.17, 15) is 9.59 Å². The van der Waals surface area contributed by atoms with Gasteiger partial charge in [-0.1, -0.05) is 6.92 Å². The Labute approximate surface area is 71.2 Å². The quantitative estimate of drug-likeness (QED) is 0.598. The molecule has 0 spiro atoms. The standard InChI is InChI=1S/C8H13NO3/c1-6-2-3-9(8(11)12)7(4-6)5-10/h5-7H,2-4H2,1H3,(H,11,12)/t6?,7-/m1/s1. The van der Waals surface area contributed by atoms with E-state index >= 15 is 0 Å². The highest BCUT2D eigenvalue weighted by molar-refractivity contribution is 5.72. The molecule has 0 bridgehead atoms. The topological polar surface area (TPSA) is 57.6 Å². The SMILES string of the molecule is CC1CCN(C(=O)O)[C@@H](C=O)C1. The Morgan fingerprint density at radius 1 is 1.67 bits per heavy atom. The molecule has 0 saturated carbocycles. The van der Waals surface area contributed by atoms with Gasteiger partial charge in [0.05, 0.1) is 6.04 Å². The van der Waals surface area contributed by atoms with E-state index in [1.165, 1.54) is 4.90 Å². The largest absolute Gasteiger partial charge is 0.465 e. The van der Waals surface area contributed by atoms with E-state index in [0.717, 1.165) is 12.7 Å². The van der Waals surface area contributed by atoms with Gasteiger partial charge in [0.25, 0.3) is 0 Å². The van der Waals surface area contributed by atoms with Crippen molar-refractivity contribution in [2.24, 2.45) is 5.92 Å². The molecule has 4 heteroatoms. The van der Waals surface area contributed by atoms with Gasteiger partial charge in [0, 0.05) is 6.54 Å². The number of amides is 1. The predicted octanol–water partition coefficient (Wildman–Crippen LogP) is 0.964. The van der Waals surface area contributed by atoms with E-state index < -0.39 is 12.1 Å². The summed E-state index contributed by atoms with van der Waals surface area (Å²) in [6.45, 7) is 2.52. The molecule has 0 aromatic heterocycles. The normalized spacial score (nSPS) is 29.9. The third-order valence-electron chi connectivity index (χ3n) is 2.31. The van der Waals surface area contributed by atoms with Crippen molar-refractivity contribution in [2.75, 3.05) is 6.54 Å². The number of hydrogen-bond acceptors (Lipinski definition) is 2. The van der Waals surface area contributed by atoms with Crippen molar-refractivity contribution in [3.05, 3.63) is 0 Å². The molecule has 1 aliphatic heterocycles. The lowest BCUT2D eigenvalue weighted by Crippen LogP contribution is -2.45. The molecule has 2 atom stereocenters. The van der Waals surface area contributed by atoms with Crippen molar-refractivity contribution in [3.8, 4) is 0 Å². The number of piperidine rings is 1.